The van der Waals surface area contributed by atoms with Gasteiger partial charge in [0.25, 0.3) is 11.7 Å². The number of para-hydroxylation sites is 1. The number of likely N-dealkylation sites (tertiary alicyclic amines) is 1. The average molecular weight is 455 g/mol. The Morgan fingerprint density at radius 1 is 1.16 bits per heavy atom. The maximum absolute atomic E-state index is 13.1. The first-order valence-electron chi connectivity index (χ1n) is 10.0. The summed E-state index contributed by atoms with van der Waals surface area (Å²) in [6.45, 7) is 0.456. The van der Waals surface area contributed by atoms with Crippen LogP contribution in [0.5, 0.6) is 5.75 Å². The zero-order chi connectivity index (χ0) is 23.0. The van der Waals surface area contributed by atoms with Gasteiger partial charge in [0.15, 0.2) is 0 Å². The van der Waals surface area contributed by atoms with Crippen LogP contribution in [0.1, 0.15) is 17.2 Å². The maximum atomic E-state index is 13.1. The molecule has 1 fully saturated rings. The van der Waals surface area contributed by atoms with Crippen LogP contribution in [0.25, 0.3) is 16.7 Å². The summed E-state index contributed by atoms with van der Waals surface area (Å²) >= 11 is 6.24. The van der Waals surface area contributed by atoms with E-state index in [4.69, 9.17) is 21.1 Å². The van der Waals surface area contributed by atoms with Gasteiger partial charge in [0.2, 0.25) is 0 Å². The molecule has 166 valence electrons. The molecule has 8 heteroatoms. The van der Waals surface area contributed by atoms with Gasteiger partial charge in [-0.25, -0.2) is 0 Å². The van der Waals surface area contributed by atoms with Gasteiger partial charge in [-0.3, -0.25) is 9.59 Å². The van der Waals surface area contributed by atoms with Crippen LogP contribution in [-0.4, -0.2) is 53.6 Å². The number of ketones is 1. The molecule has 1 aliphatic heterocycles. The molecule has 0 aliphatic carbocycles. The van der Waals surface area contributed by atoms with E-state index in [0.717, 1.165) is 16.5 Å². The smallest absolute Gasteiger partial charge is 0.295 e. The van der Waals surface area contributed by atoms with E-state index in [0.29, 0.717) is 11.3 Å². The number of benzene rings is 2. The molecular formula is C24H23ClN2O5. The van der Waals surface area contributed by atoms with Crippen molar-refractivity contribution < 1.29 is 24.2 Å². The number of fused-ring (bicyclic) bond motifs is 1. The number of halogens is 1. The highest BCUT2D eigenvalue weighted by Crippen LogP contribution is 2.42. The van der Waals surface area contributed by atoms with Crippen LogP contribution in [0.4, 0.5) is 0 Å². The number of hydrogen-bond acceptors (Lipinski definition) is 5. The highest BCUT2D eigenvalue weighted by Gasteiger charge is 2.46. The zero-order valence-electron chi connectivity index (χ0n) is 18.0. The molecule has 1 unspecified atom stereocenters. The predicted octanol–water partition coefficient (Wildman–Crippen LogP) is 3.91. The van der Waals surface area contributed by atoms with Crippen LogP contribution < -0.4 is 4.74 Å². The first-order chi connectivity index (χ1) is 15.4. The van der Waals surface area contributed by atoms with Crippen molar-refractivity contribution in [2.45, 2.75) is 6.04 Å². The number of aliphatic hydroxyl groups is 1. The normalized spacial score (nSPS) is 18.0. The molecule has 0 bridgehead atoms. The molecule has 1 saturated heterocycles. The van der Waals surface area contributed by atoms with E-state index in [2.05, 4.69) is 0 Å². The molecule has 0 spiro atoms. The van der Waals surface area contributed by atoms with Gasteiger partial charge in [-0.05, 0) is 24.3 Å². The fourth-order valence-corrected chi connectivity index (χ4v) is 4.44. The van der Waals surface area contributed by atoms with E-state index in [1.165, 1.54) is 25.2 Å². The van der Waals surface area contributed by atoms with Crippen LogP contribution in [0, 0.1) is 0 Å². The third kappa shape index (κ3) is 3.53. The highest BCUT2D eigenvalue weighted by molar-refractivity contribution is 6.46. The number of ether oxygens (including phenoxy) is 2. The largest absolute Gasteiger partial charge is 0.507 e. The fraction of sp³-hybridized carbons (Fsp3) is 0.250. The number of amides is 1. The third-order valence-corrected chi connectivity index (χ3v) is 6.02. The van der Waals surface area contributed by atoms with Crippen molar-refractivity contribution in [2.75, 3.05) is 27.4 Å². The van der Waals surface area contributed by atoms with Crippen LogP contribution in [0.15, 0.2) is 54.2 Å². The topological polar surface area (TPSA) is 81.0 Å². The Morgan fingerprint density at radius 2 is 1.91 bits per heavy atom. The summed E-state index contributed by atoms with van der Waals surface area (Å²) in [5, 5.41) is 12.4. The zero-order valence-corrected chi connectivity index (χ0v) is 18.7. The number of carbonyl (C=O) groups excluding carboxylic acids is 2. The summed E-state index contributed by atoms with van der Waals surface area (Å²) in [4.78, 5) is 27.5. The van der Waals surface area contributed by atoms with Crippen molar-refractivity contribution in [3.8, 4) is 5.75 Å². The molecular weight excluding hydrogens is 432 g/mol. The van der Waals surface area contributed by atoms with Gasteiger partial charge < -0.3 is 24.0 Å². The molecule has 4 rings (SSSR count). The van der Waals surface area contributed by atoms with Gasteiger partial charge >= 0.3 is 0 Å². The van der Waals surface area contributed by atoms with Gasteiger partial charge in [0.05, 0.1) is 30.4 Å². The SMILES string of the molecule is COCCN1C(=O)C(=O)/C(=C(/O)c2ccc(OC)c(Cl)c2)C1c1cn(C)c2ccccc12. The number of Topliss-reactive ketones (excluding diaryl/α,β-unsaturated/α-hetero) is 1. The molecule has 32 heavy (non-hydrogen) atoms. The number of methoxy groups -OCH3 is 2. The number of aromatic nitrogens is 1. The number of hydrogen-bond donors (Lipinski definition) is 1. The molecule has 1 aliphatic rings. The van der Waals surface area contributed by atoms with E-state index in [-0.39, 0.29) is 29.5 Å². The second-order valence-electron chi connectivity index (χ2n) is 7.55. The summed E-state index contributed by atoms with van der Waals surface area (Å²) in [5.41, 5.74) is 2.04. The third-order valence-electron chi connectivity index (χ3n) is 5.72. The number of nitrogens with zero attached hydrogens (tertiary/aromatic N) is 2. The first-order valence-corrected chi connectivity index (χ1v) is 10.4. The molecule has 2 heterocycles. The summed E-state index contributed by atoms with van der Waals surface area (Å²) < 4.78 is 12.3. The van der Waals surface area contributed by atoms with E-state index < -0.39 is 17.7 Å². The van der Waals surface area contributed by atoms with Crippen molar-refractivity contribution in [2.24, 2.45) is 7.05 Å². The predicted molar refractivity (Wildman–Crippen MR) is 122 cm³/mol. The first kappa shape index (κ1) is 21.9. The Morgan fingerprint density at radius 3 is 2.59 bits per heavy atom. The molecule has 2 aromatic carbocycles. The standard InChI is InChI=1S/C24H23ClN2O5/c1-26-13-16(15-6-4-5-7-18(15)26)21-20(23(29)24(30)27(21)10-11-31-2)22(28)14-8-9-19(32-3)17(25)12-14/h4-9,12-13,21,28H,10-11H2,1-3H3/b22-20+. The van der Waals surface area contributed by atoms with E-state index in [1.807, 2.05) is 42.1 Å². The minimum atomic E-state index is -0.767. The minimum Gasteiger partial charge on any atom is -0.507 e. The van der Waals surface area contributed by atoms with E-state index in [1.54, 1.807) is 12.1 Å². The van der Waals surface area contributed by atoms with E-state index >= 15 is 0 Å². The van der Waals surface area contributed by atoms with Gasteiger partial charge in [-0.2, -0.15) is 0 Å². The fourth-order valence-electron chi connectivity index (χ4n) is 4.18. The molecule has 0 saturated carbocycles. The van der Waals surface area contributed by atoms with Crippen LogP contribution in [0.3, 0.4) is 0 Å². The highest BCUT2D eigenvalue weighted by atomic mass is 35.5. The number of aliphatic hydroxyl groups excluding tert-OH is 1. The Labute approximate surface area is 190 Å². The maximum Gasteiger partial charge on any atom is 0.295 e. The molecule has 7 nitrogen and oxygen atoms in total. The molecule has 1 amide bonds. The molecule has 1 aromatic heterocycles. The Balaban J connectivity index is 1.94. The minimum absolute atomic E-state index is 0.0173. The lowest BCUT2D eigenvalue weighted by molar-refractivity contribution is -0.140. The van der Waals surface area contributed by atoms with E-state index in [9.17, 15) is 14.7 Å². The average Bonchev–Trinajstić information content (AvgIpc) is 3.25. The van der Waals surface area contributed by atoms with Gasteiger partial charge in [0, 0.05) is 48.9 Å². The molecule has 1 N–H and O–H groups in total. The molecule has 0 radical (unpaired) electrons. The summed E-state index contributed by atoms with van der Waals surface area (Å²) in [7, 11) is 4.92. The monoisotopic (exact) mass is 454 g/mol. The summed E-state index contributed by atoms with van der Waals surface area (Å²) in [6.07, 6.45) is 1.88. The van der Waals surface area contributed by atoms with Gasteiger partial charge in [-0.1, -0.05) is 29.8 Å². The van der Waals surface area contributed by atoms with Crippen molar-refractivity contribution in [1.29, 1.82) is 0 Å². The Kier molecular flexibility index (Phi) is 5.95. The lowest BCUT2D eigenvalue weighted by Gasteiger charge is -2.24. The van der Waals surface area contributed by atoms with Crippen LogP contribution in [0.2, 0.25) is 5.02 Å². The van der Waals surface area contributed by atoms with Crippen molar-refractivity contribution >= 4 is 40.0 Å². The summed E-state index contributed by atoms with van der Waals surface area (Å²) in [6, 6.07) is 11.7. The lowest BCUT2D eigenvalue weighted by Crippen LogP contribution is -2.32. The van der Waals surface area contributed by atoms with Crippen molar-refractivity contribution in [3.63, 3.8) is 0 Å². The van der Waals surface area contributed by atoms with Crippen LogP contribution in [-0.2, 0) is 21.4 Å². The van der Waals surface area contributed by atoms with Crippen LogP contribution >= 0.6 is 11.6 Å². The number of carbonyl (C=O) groups is 2. The second kappa shape index (κ2) is 8.68. The number of aryl methyl sites for hydroxylation is 1. The Bertz CT molecular complexity index is 1250. The Hall–Kier alpha value is -3.29. The van der Waals surface area contributed by atoms with Crippen molar-refractivity contribution in [3.05, 3.63) is 70.4 Å². The summed E-state index contributed by atoms with van der Waals surface area (Å²) in [5.74, 6) is -1.27. The number of rotatable bonds is 6. The molecule has 1 atom stereocenters. The van der Waals surface area contributed by atoms with Gasteiger partial charge in [-0.15, -0.1) is 0 Å². The van der Waals surface area contributed by atoms with Crippen molar-refractivity contribution in [1.82, 2.24) is 9.47 Å². The lowest BCUT2D eigenvalue weighted by atomic mass is 9.95. The quantitative estimate of drug-likeness (QED) is 0.347. The second-order valence-corrected chi connectivity index (χ2v) is 7.95. The van der Waals surface area contributed by atoms with Gasteiger partial charge in [0.1, 0.15) is 11.5 Å². The molecule has 3 aromatic rings.